The molecule has 0 aliphatic rings. The molecule has 3 nitrogen and oxygen atoms in total. The summed E-state index contributed by atoms with van der Waals surface area (Å²) in [6.07, 6.45) is -0.345. The molecule has 0 fully saturated rings. The first kappa shape index (κ1) is 28.4. The number of hydrogen-bond acceptors (Lipinski definition) is 3. The third kappa shape index (κ3) is 7.72. The Morgan fingerprint density at radius 1 is 0.744 bits per heavy atom. The monoisotopic (exact) mass is 547 g/mol. The summed E-state index contributed by atoms with van der Waals surface area (Å²) in [4.78, 5) is 4.50. The van der Waals surface area contributed by atoms with Crippen molar-refractivity contribution in [3.63, 3.8) is 0 Å². The number of rotatable bonds is 11. The molecular weight excluding hydrogens is 520 g/mol. The molecule has 0 N–H and O–H groups in total. The molecule has 1 aromatic heterocycles. The molecule has 3 aromatic carbocycles. The fourth-order valence-electron chi connectivity index (χ4n) is 4.31. The minimum absolute atomic E-state index is 0.0885. The van der Waals surface area contributed by atoms with Gasteiger partial charge in [-0.25, -0.2) is 13.2 Å². The smallest absolute Gasteiger partial charge is 0.422 e. The van der Waals surface area contributed by atoms with Crippen molar-refractivity contribution < 1.29 is 35.8 Å². The van der Waals surface area contributed by atoms with Gasteiger partial charge in [0.15, 0.2) is 24.0 Å². The van der Waals surface area contributed by atoms with E-state index in [1.54, 1.807) is 25.3 Å². The molecule has 0 aliphatic heterocycles. The highest BCUT2D eigenvalue weighted by Gasteiger charge is 2.30. The van der Waals surface area contributed by atoms with Crippen LogP contribution in [0.2, 0.25) is 0 Å². The minimum Gasteiger partial charge on any atom is -0.478 e. The number of fused-ring (bicyclic) bond motifs is 1. The molecule has 4 rings (SSSR count). The Bertz CT molecular complexity index is 1400. The lowest BCUT2D eigenvalue weighted by Gasteiger charge is -2.12. The molecule has 0 atom stereocenters. The van der Waals surface area contributed by atoms with E-state index < -0.39 is 36.0 Å². The van der Waals surface area contributed by atoms with Gasteiger partial charge in [0.1, 0.15) is 5.82 Å². The second kappa shape index (κ2) is 12.5. The van der Waals surface area contributed by atoms with Crippen LogP contribution in [0.15, 0.2) is 60.8 Å². The van der Waals surface area contributed by atoms with Crippen LogP contribution in [-0.2, 0) is 36.8 Å². The number of aryl methyl sites for hydroxylation is 4. The van der Waals surface area contributed by atoms with Crippen molar-refractivity contribution in [2.45, 2.75) is 38.3 Å². The Hall–Kier alpha value is -3.59. The van der Waals surface area contributed by atoms with Gasteiger partial charge >= 0.3 is 6.18 Å². The summed E-state index contributed by atoms with van der Waals surface area (Å²) in [5.41, 5.74) is 3.66. The van der Waals surface area contributed by atoms with Crippen LogP contribution in [0.25, 0.3) is 10.8 Å². The van der Waals surface area contributed by atoms with Crippen molar-refractivity contribution in [3.05, 3.63) is 106 Å². The molecule has 9 heteroatoms. The topological polar surface area (TPSA) is 31.4 Å². The van der Waals surface area contributed by atoms with Gasteiger partial charge in [-0.2, -0.15) is 13.2 Å². The number of halogens is 6. The highest BCUT2D eigenvalue weighted by Crippen LogP contribution is 2.28. The third-order valence-corrected chi connectivity index (χ3v) is 6.37. The fourth-order valence-corrected chi connectivity index (χ4v) is 4.31. The molecule has 0 saturated carbocycles. The molecule has 4 aromatic rings. The standard InChI is InChI=1S/C30H27F6NO2/c1-38-13-12-20-4-10-24(37-17-20)9-3-19-5-11-25-23(14-19)8-7-22(28(25)33)6-2-21-15-26(31)29(27(32)16-21)39-18-30(34,35)36/h4-5,7-8,10-11,14-17H,2-3,6,9,12-13,18H2,1H3. The first-order valence-electron chi connectivity index (χ1n) is 12.4. The summed E-state index contributed by atoms with van der Waals surface area (Å²) < 4.78 is 89.8. The Balaban J connectivity index is 1.39. The second-order valence-corrected chi connectivity index (χ2v) is 9.29. The zero-order valence-corrected chi connectivity index (χ0v) is 21.3. The Kier molecular flexibility index (Phi) is 9.12. The maximum atomic E-state index is 15.2. The predicted molar refractivity (Wildman–Crippen MR) is 136 cm³/mol. The quantitative estimate of drug-likeness (QED) is 0.184. The van der Waals surface area contributed by atoms with Gasteiger partial charge in [-0.3, -0.25) is 4.98 Å². The van der Waals surface area contributed by atoms with E-state index in [1.165, 1.54) is 0 Å². The van der Waals surface area contributed by atoms with E-state index >= 15 is 4.39 Å². The number of aromatic nitrogens is 1. The number of benzene rings is 3. The van der Waals surface area contributed by atoms with Crippen LogP contribution < -0.4 is 4.74 Å². The number of methoxy groups -OCH3 is 1. The van der Waals surface area contributed by atoms with Gasteiger partial charge in [0, 0.05) is 24.4 Å². The Morgan fingerprint density at radius 2 is 1.46 bits per heavy atom. The number of hydrogen-bond donors (Lipinski definition) is 0. The fraction of sp³-hybridized carbons (Fsp3) is 0.300. The summed E-state index contributed by atoms with van der Waals surface area (Å²) in [5.74, 6) is -3.98. The van der Waals surface area contributed by atoms with E-state index in [4.69, 9.17) is 4.74 Å². The SMILES string of the molecule is COCCc1ccc(CCc2ccc3c(F)c(CCc4cc(F)c(OCC(F)(F)F)c(F)c4)ccc3c2)nc1. The van der Waals surface area contributed by atoms with Crippen molar-refractivity contribution in [1.29, 1.82) is 0 Å². The molecule has 0 amide bonds. The normalized spacial score (nSPS) is 11.8. The zero-order chi connectivity index (χ0) is 28.0. The van der Waals surface area contributed by atoms with Gasteiger partial charge in [-0.15, -0.1) is 0 Å². The summed E-state index contributed by atoms with van der Waals surface area (Å²) in [6, 6.07) is 14.8. The molecule has 206 valence electrons. The number of alkyl halides is 3. The lowest BCUT2D eigenvalue weighted by molar-refractivity contribution is -0.154. The van der Waals surface area contributed by atoms with Crippen LogP contribution in [0.3, 0.4) is 0 Å². The number of ether oxygens (including phenoxy) is 2. The van der Waals surface area contributed by atoms with E-state index in [-0.39, 0.29) is 18.4 Å². The summed E-state index contributed by atoms with van der Waals surface area (Å²) in [7, 11) is 1.66. The number of nitrogens with zero attached hydrogens (tertiary/aromatic N) is 1. The van der Waals surface area contributed by atoms with E-state index in [2.05, 4.69) is 9.72 Å². The Morgan fingerprint density at radius 3 is 2.13 bits per heavy atom. The third-order valence-electron chi connectivity index (χ3n) is 6.37. The average molecular weight is 548 g/mol. The molecule has 0 aliphatic carbocycles. The van der Waals surface area contributed by atoms with E-state index in [9.17, 15) is 22.0 Å². The minimum atomic E-state index is -4.72. The highest BCUT2D eigenvalue weighted by molar-refractivity contribution is 5.84. The Labute approximate surface area is 222 Å². The molecule has 0 bridgehead atoms. The van der Waals surface area contributed by atoms with Gasteiger partial charge in [0.05, 0.1) is 6.61 Å². The van der Waals surface area contributed by atoms with Gasteiger partial charge in [-0.05, 0) is 77.9 Å². The first-order chi connectivity index (χ1) is 18.6. The molecule has 0 radical (unpaired) electrons. The average Bonchev–Trinajstić information content (AvgIpc) is 2.90. The van der Waals surface area contributed by atoms with Gasteiger partial charge in [0.25, 0.3) is 0 Å². The largest absolute Gasteiger partial charge is 0.478 e. The molecule has 0 spiro atoms. The van der Waals surface area contributed by atoms with Gasteiger partial charge < -0.3 is 9.47 Å². The molecule has 0 saturated heterocycles. The summed E-state index contributed by atoms with van der Waals surface area (Å²) >= 11 is 0. The van der Waals surface area contributed by atoms with Crippen LogP contribution in [-0.4, -0.2) is 31.5 Å². The molecular formula is C30H27F6NO2. The van der Waals surface area contributed by atoms with Crippen molar-refractivity contribution >= 4 is 10.8 Å². The molecule has 1 heterocycles. The lowest BCUT2D eigenvalue weighted by atomic mass is 9.97. The maximum Gasteiger partial charge on any atom is 0.422 e. The van der Waals surface area contributed by atoms with Gasteiger partial charge in [-0.1, -0.05) is 36.4 Å². The molecule has 39 heavy (non-hydrogen) atoms. The van der Waals surface area contributed by atoms with Crippen LogP contribution >= 0.6 is 0 Å². The predicted octanol–water partition coefficient (Wildman–Crippen LogP) is 7.35. The van der Waals surface area contributed by atoms with Crippen molar-refractivity contribution in [2.24, 2.45) is 0 Å². The van der Waals surface area contributed by atoms with Crippen LogP contribution in [0, 0.1) is 17.5 Å². The molecule has 0 unspecified atom stereocenters. The lowest BCUT2D eigenvalue weighted by Crippen LogP contribution is -2.20. The van der Waals surface area contributed by atoms with Crippen molar-refractivity contribution in [3.8, 4) is 5.75 Å². The van der Waals surface area contributed by atoms with Crippen LogP contribution in [0.4, 0.5) is 26.3 Å². The van der Waals surface area contributed by atoms with E-state index in [1.807, 2.05) is 30.5 Å². The highest BCUT2D eigenvalue weighted by atomic mass is 19.4. The maximum absolute atomic E-state index is 15.2. The summed E-state index contributed by atoms with van der Waals surface area (Å²) in [6.45, 7) is -1.16. The zero-order valence-electron chi connectivity index (χ0n) is 21.3. The van der Waals surface area contributed by atoms with Gasteiger partial charge in [0.2, 0.25) is 0 Å². The van der Waals surface area contributed by atoms with E-state index in [0.29, 0.717) is 17.6 Å². The number of pyridine rings is 1. The van der Waals surface area contributed by atoms with Crippen molar-refractivity contribution in [1.82, 2.24) is 4.98 Å². The van der Waals surface area contributed by atoms with Crippen LogP contribution in [0.5, 0.6) is 5.75 Å². The second-order valence-electron chi connectivity index (χ2n) is 9.29. The van der Waals surface area contributed by atoms with Crippen molar-refractivity contribution in [2.75, 3.05) is 20.3 Å². The van der Waals surface area contributed by atoms with Crippen LogP contribution in [0.1, 0.15) is 27.9 Å². The first-order valence-corrected chi connectivity index (χ1v) is 12.4. The summed E-state index contributed by atoms with van der Waals surface area (Å²) in [5, 5.41) is 1.17. The van der Waals surface area contributed by atoms with E-state index in [0.717, 1.165) is 53.6 Å².